The van der Waals surface area contributed by atoms with Gasteiger partial charge in [-0.05, 0) is 35.4 Å². The van der Waals surface area contributed by atoms with Crippen LogP contribution < -0.4 is 4.90 Å². The van der Waals surface area contributed by atoms with Crippen molar-refractivity contribution in [3.63, 3.8) is 0 Å². The van der Waals surface area contributed by atoms with Crippen molar-refractivity contribution in [1.82, 2.24) is 4.98 Å². The van der Waals surface area contributed by atoms with Gasteiger partial charge in [0.25, 0.3) is 0 Å². The summed E-state index contributed by atoms with van der Waals surface area (Å²) in [6, 6.07) is 12.4. The number of hydrogen-bond donors (Lipinski definition) is 0. The Bertz CT molecular complexity index is 908. The molecule has 0 spiro atoms. The number of anilines is 1. The molecule has 0 atom stereocenters. The number of carbonyl (C=O) groups excluding carboxylic acids is 1. The van der Waals surface area contributed by atoms with Crippen molar-refractivity contribution in [3.8, 4) is 6.07 Å². The minimum absolute atomic E-state index is 0.0724. The predicted molar refractivity (Wildman–Crippen MR) is 96.6 cm³/mol. The molecule has 1 aromatic carbocycles. The maximum Gasteiger partial charge on any atom is 0.165 e. The highest BCUT2D eigenvalue weighted by Crippen LogP contribution is 2.36. The molecule has 0 N–H and O–H groups in total. The van der Waals surface area contributed by atoms with Crippen LogP contribution in [0, 0.1) is 16.7 Å². The van der Waals surface area contributed by atoms with E-state index in [-0.39, 0.29) is 11.2 Å². The molecule has 4 nitrogen and oxygen atoms in total. The van der Waals surface area contributed by atoms with Gasteiger partial charge in [0, 0.05) is 25.1 Å². The molecule has 4 heteroatoms. The summed E-state index contributed by atoms with van der Waals surface area (Å²) in [5.41, 5.74) is 4.56. The van der Waals surface area contributed by atoms with Gasteiger partial charge in [0.2, 0.25) is 0 Å². The third-order valence-corrected chi connectivity index (χ3v) is 5.22. The summed E-state index contributed by atoms with van der Waals surface area (Å²) in [5.74, 6) is 0.826. The highest BCUT2D eigenvalue weighted by molar-refractivity contribution is 5.99. The Morgan fingerprint density at radius 3 is 2.72 bits per heavy atom. The van der Waals surface area contributed by atoms with Gasteiger partial charge in [-0.15, -0.1) is 0 Å². The minimum atomic E-state index is -0.0724. The van der Waals surface area contributed by atoms with E-state index >= 15 is 0 Å². The Hall–Kier alpha value is -2.67. The lowest BCUT2D eigenvalue weighted by atomic mass is 9.75. The van der Waals surface area contributed by atoms with E-state index < -0.39 is 0 Å². The zero-order valence-corrected chi connectivity index (χ0v) is 14.7. The fraction of sp³-hybridized carbons (Fsp3) is 0.381. The lowest BCUT2D eigenvalue weighted by molar-refractivity contribution is 0.0910. The summed E-state index contributed by atoms with van der Waals surface area (Å²) in [6.45, 7) is 5.80. The molecule has 2 heterocycles. The van der Waals surface area contributed by atoms with E-state index in [1.807, 2.05) is 0 Å². The second kappa shape index (κ2) is 5.70. The van der Waals surface area contributed by atoms with Gasteiger partial charge in [0.15, 0.2) is 5.78 Å². The number of carbonyl (C=O) groups is 1. The molecular formula is C21H21N3O. The number of rotatable bonds is 1. The Labute approximate surface area is 148 Å². The molecule has 0 saturated heterocycles. The Balaban J connectivity index is 1.76. The fourth-order valence-electron chi connectivity index (χ4n) is 3.96. The smallest absolute Gasteiger partial charge is 0.165 e. The van der Waals surface area contributed by atoms with E-state index in [4.69, 9.17) is 4.98 Å². The van der Waals surface area contributed by atoms with E-state index in [0.717, 1.165) is 37.4 Å². The predicted octanol–water partition coefficient (Wildman–Crippen LogP) is 3.67. The van der Waals surface area contributed by atoms with E-state index in [1.165, 1.54) is 11.1 Å². The average Bonchev–Trinajstić information content (AvgIpc) is 2.59. The highest BCUT2D eigenvalue weighted by Gasteiger charge is 2.33. The fourth-order valence-corrected chi connectivity index (χ4v) is 3.96. The first-order valence-electron chi connectivity index (χ1n) is 8.76. The summed E-state index contributed by atoms with van der Waals surface area (Å²) < 4.78 is 0. The number of pyridine rings is 1. The van der Waals surface area contributed by atoms with Crippen molar-refractivity contribution in [1.29, 1.82) is 5.26 Å². The van der Waals surface area contributed by atoms with Gasteiger partial charge < -0.3 is 4.90 Å². The van der Waals surface area contributed by atoms with Crippen molar-refractivity contribution in [2.24, 2.45) is 5.41 Å². The molecular weight excluding hydrogens is 310 g/mol. The Kier molecular flexibility index (Phi) is 3.61. The zero-order valence-electron chi connectivity index (χ0n) is 14.7. The number of fused-ring (bicyclic) bond motifs is 2. The van der Waals surface area contributed by atoms with Crippen LogP contribution in [0.1, 0.15) is 53.0 Å². The van der Waals surface area contributed by atoms with Crippen molar-refractivity contribution < 1.29 is 4.79 Å². The molecule has 0 bridgehead atoms. The van der Waals surface area contributed by atoms with Gasteiger partial charge in [0.05, 0.1) is 11.3 Å². The summed E-state index contributed by atoms with van der Waals surface area (Å²) >= 11 is 0. The summed E-state index contributed by atoms with van der Waals surface area (Å²) in [5, 5.41) is 9.61. The van der Waals surface area contributed by atoms with Crippen LogP contribution >= 0.6 is 0 Å². The second-order valence-corrected chi connectivity index (χ2v) is 7.85. The number of Topliss-reactive ketones (excluding diaryl/α,β-unsaturated/α-hetero) is 1. The monoisotopic (exact) mass is 331 g/mol. The standard InChI is InChI=1S/C21H21N3O/c1-21(2)10-18-17(19(25)11-21)9-16(12-22)20(23-18)24-8-7-14-5-3-4-6-15(14)13-24/h3-6,9H,7-8,10-11,13H2,1-2H3. The van der Waals surface area contributed by atoms with Gasteiger partial charge in [-0.25, -0.2) is 4.98 Å². The number of nitrogens with zero attached hydrogens (tertiary/aromatic N) is 3. The van der Waals surface area contributed by atoms with Crippen LogP contribution in [0.2, 0.25) is 0 Å². The molecule has 0 unspecified atom stereocenters. The molecule has 0 fully saturated rings. The van der Waals surface area contributed by atoms with E-state index in [1.54, 1.807) is 6.07 Å². The van der Waals surface area contributed by atoms with E-state index in [9.17, 15) is 10.1 Å². The Morgan fingerprint density at radius 2 is 1.96 bits per heavy atom. The van der Waals surface area contributed by atoms with Gasteiger partial charge in [0.1, 0.15) is 11.9 Å². The molecule has 0 amide bonds. The molecule has 2 aromatic rings. The molecule has 2 aliphatic rings. The van der Waals surface area contributed by atoms with Crippen molar-refractivity contribution in [2.75, 3.05) is 11.4 Å². The van der Waals surface area contributed by atoms with E-state index in [2.05, 4.69) is 49.1 Å². The molecule has 0 radical (unpaired) electrons. The maximum atomic E-state index is 12.5. The van der Waals surface area contributed by atoms with Gasteiger partial charge in [-0.1, -0.05) is 38.1 Å². The summed E-state index contributed by atoms with van der Waals surface area (Å²) in [6.07, 6.45) is 2.24. The second-order valence-electron chi connectivity index (χ2n) is 7.85. The normalized spacial score (nSPS) is 18.3. The third kappa shape index (κ3) is 2.80. The minimum Gasteiger partial charge on any atom is -0.351 e. The topological polar surface area (TPSA) is 57.0 Å². The molecule has 0 saturated carbocycles. The number of nitriles is 1. The molecule has 126 valence electrons. The Morgan fingerprint density at radius 1 is 1.20 bits per heavy atom. The van der Waals surface area contributed by atoms with E-state index in [0.29, 0.717) is 17.5 Å². The van der Waals surface area contributed by atoms with Crippen LogP contribution in [0.25, 0.3) is 0 Å². The molecule has 4 rings (SSSR count). The molecule has 25 heavy (non-hydrogen) atoms. The van der Waals surface area contributed by atoms with Crippen LogP contribution in [0.4, 0.5) is 5.82 Å². The first-order valence-corrected chi connectivity index (χ1v) is 8.76. The van der Waals surface area contributed by atoms with Gasteiger partial charge >= 0.3 is 0 Å². The lowest BCUT2D eigenvalue weighted by Crippen LogP contribution is -2.33. The SMILES string of the molecule is CC1(C)CC(=O)c2cc(C#N)c(N3CCc4ccccc4C3)nc2C1. The van der Waals surface area contributed by atoms with Crippen LogP contribution in [0.5, 0.6) is 0 Å². The van der Waals surface area contributed by atoms with Gasteiger partial charge in [-0.3, -0.25) is 4.79 Å². The lowest BCUT2D eigenvalue weighted by Gasteiger charge is -2.33. The number of hydrogen-bond acceptors (Lipinski definition) is 4. The maximum absolute atomic E-state index is 12.5. The summed E-state index contributed by atoms with van der Waals surface area (Å²) in [7, 11) is 0. The summed E-state index contributed by atoms with van der Waals surface area (Å²) in [4.78, 5) is 19.4. The van der Waals surface area contributed by atoms with Crippen LogP contribution in [-0.2, 0) is 19.4 Å². The first-order chi connectivity index (χ1) is 12.0. The third-order valence-electron chi connectivity index (χ3n) is 5.22. The number of benzene rings is 1. The average molecular weight is 331 g/mol. The van der Waals surface area contributed by atoms with Crippen LogP contribution in [-0.4, -0.2) is 17.3 Å². The van der Waals surface area contributed by atoms with Crippen molar-refractivity contribution >= 4 is 11.6 Å². The largest absolute Gasteiger partial charge is 0.351 e. The van der Waals surface area contributed by atoms with Crippen LogP contribution in [0.15, 0.2) is 30.3 Å². The molecule has 1 aliphatic heterocycles. The van der Waals surface area contributed by atoms with Crippen molar-refractivity contribution in [2.45, 2.75) is 39.7 Å². The number of aromatic nitrogens is 1. The van der Waals surface area contributed by atoms with Crippen molar-refractivity contribution in [3.05, 3.63) is 58.3 Å². The first kappa shape index (κ1) is 15.8. The van der Waals surface area contributed by atoms with Crippen LogP contribution in [0.3, 0.4) is 0 Å². The molecule has 1 aromatic heterocycles. The quantitative estimate of drug-likeness (QED) is 0.800. The number of ketones is 1. The highest BCUT2D eigenvalue weighted by atomic mass is 16.1. The zero-order chi connectivity index (χ0) is 17.6. The molecule has 1 aliphatic carbocycles. The van der Waals surface area contributed by atoms with Gasteiger partial charge in [-0.2, -0.15) is 5.26 Å².